The molecule has 0 fully saturated rings. The molecule has 0 spiro atoms. The maximum Gasteiger partial charge on any atom is 0.416 e. The summed E-state index contributed by atoms with van der Waals surface area (Å²) < 4.78 is 40.0. The van der Waals surface area contributed by atoms with Crippen LogP contribution in [0.3, 0.4) is 0 Å². The number of pyridine rings is 1. The van der Waals surface area contributed by atoms with Crippen LogP contribution in [0.15, 0.2) is 55.0 Å². The molecular weight excluding hydrogens is 345 g/mol. The van der Waals surface area contributed by atoms with E-state index in [-0.39, 0.29) is 12.1 Å². The second-order valence-electron chi connectivity index (χ2n) is 5.63. The molecule has 0 unspecified atom stereocenters. The summed E-state index contributed by atoms with van der Waals surface area (Å²) in [7, 11) is 0. The Labute approximate surface area is 147 Å². The van der Waals surface area contributed by atoms with Crippen LogP contribution in [0.2, 0.25) is 0 Å². The predicted molar refractivity (Wildman–Crippen MR) is 88.7 cm³/mol. The molecule has 26 heavy (non-hydrogen) atoms. The van der Waals surface area contributed by atoms with E-state index in [0.29, 0.717) is 5.82 Å². The Hall–Kier alpha value is -3.16. The number of halogens is 3. The Morgan fingerprint density at radius 3 is 2.65 bits per heavy atom. The maximum atomic E-state index is 12.7. The van der Waals surface area contributed by atoms with Gasteiger partial charge in [-0.1, -0.05) is 6.07 Å². The van der Waals surface area contributed by atoms with Crippen LogP contribution in [0.4, 0.5) is 13.2 Å². The van der Waals surface area contributed by atoms with Crippen LogP contribution < -0.4 is 5.32 Å². The first-order chi connectivity index (χ1) is 12.3. The van der Waals surface area contributed by atoms with Gasteiger partial charge < -0.3 is 5.32 Å². The lowest BCUT2D eigenvalue weighted by molar-refractivity contribution is -0.137. The van der Waals surface area contributed by atoms with E-state index in [4.69, 9.17) is 0 Å². The van der Waals surface area contributed by atoms with Crippen LogP contribution in [0, 0.1) is 6.92 Å². The number of nitrogens with one attached hydrogen (secondary N) is 1. The molecule has 0 atom stereocenters. The normalized spacial score (nSPS) is 11.4. The monoisotopic (exact) mass is 360 g/mol. The molecule has 0 saturated carbocycles. The van der Waals surface area contributed by atoms with E-state index in [2.05, 4.69) is 15.3 Å². The number of benzene rings is 1. The first-order valence-electron chi connectivity index (χ1n) is 7.75. The summed E-state index contributed by atoms with van der Waals surface area (Å²) in [6, 6.07) is 7.83. The second kappa shape index (κ2) is 6.99. The quantitative estimate of drug-likeness (QED) is 0.774. The van der Waals surface area contributed by atoms with Crippen molar-refractivity contribution in [3.05, 3.63) is 77.5 Å². The highest BCUT2D eigenvalue weighted by Gasteiger charge is 2.30. The van der Waals surface area contributed by atoms with E-state index in [1.165, 1.54) is 12.1 Å². The Bertz CT molecular complexity index is 934. The topological polar surface area (TPSA) is 59.8 Å². The molecule has 0 saturated heterocycles. The first-order valence-corrected chi connectivity index (χ1v) is 7.75. The highest BCUT2D eigenvalue weighted by atomic mass is 19.4. The van der Waals surface area contributed by atoms with Crippen molar-refractivity contribution in [2.75, 3.05) is 0 Å². The van der Waals surface area contributed by atoms with Gasteiger partial charge >= 0.3 is 6.18 Å². The van der Waals surface area contributed by atoms with Crippen molar-refractivity contribution in [1.29, 1.82) is 0 Å². The van der Waals surface area contributed by atoms with Gasteiger partial charge in [-0.15, -0.1) is 0 Å². The van der Waals surface area contributed by atoms with E-state index in [0.717, 1.165) is 23.5 Å². The molecule has 8 heteroatoms. The van der Waals surface area contributed by atoms with Gasteiger partial charge in [-0.3, -0.25) is 9.36 Å². The summed E-state index contributed by atoms with van der Waals surface area (Å²) in [5, 5.41) is 2.62. The molecule has 3 rings (SSSR count). The number of carbonyl (C=O) groups is 1. The van der Waals surface area contributed by atoms with Crippen LogP contribution >= 0.6 is 0 Å². The molecule has 1 amide bonds. The van der Waals surface area contributed by atoms with Crippen molar-refractivity contribution in [2.45, 2.75) is 19.6 Å². The van der Waals surface area contributed by atoms with Crippen LogP contribution in [0.5, 0.6) is 0 Å². The highest BCUT2D eigenvalue weighted by molar-refractivity contribution is 5.94. The Balaban J connectivity index is 1.72. The van der Waals surface area contributed by atoms with Crippen LogP contribution in [0.1, 0.15) is 27.3 Å². The SMILES string of the molecule is Cc1nccn1-c1cc(CNC(=O)c2cccc(C(F)(F)F)c2)ccn1. The molecular formula is C18H15F3N4O. The molecule has 0 aliphatic rings. The third kappa shape index (κ3) is 3.90. The molecule has 0 bridgehead atoms. The Morgan fingerprint density at radius 1 is 1.15 bits per heavy atom. The summed E-state index contributed by atoms with van der Waals surface area (Å²) >= 11 is 0. The van der Waals surface area contributed by atoms with Gasteiger partial charge in [-0.25, -0.2) is 9.97 Å². The van der Waals surface area contributed by atoms with E-state index < -0.39 is 17.6 Å². The molecule has 2 heterocycles. The minimum atomic E-state index is -4.49. The largest absolute Gasteiger partial charge is 0.416 e. The first kappa shape index (κ1) is 17.7. The average Bonchev–Trinajstić information content (AvgIpc) is 3.05. The zero-order valence-electron chi connectivity index (χ0n) is 13.8. The van der Waals surface area contributed by atoms with Crippen molar-refractivity contribution < 1.29 is 18.0 Å². The summed E-state index contributed by atoms with van der Waals surface area (Å²) in [4.78, 5) is 20.5. The summed E-state index contributed by atoms with van der Waals surface area (Å²) in [6.45, 7) is 2.00. The van der Waals surface area contributed by atoms with Crippen molar-refractivity contribution in [3.63, 3.8) is 0 Å². The lowest BCUT2D eigenvalue weighted by atomic mass is 10.1. The molecule has 1 aromatic carbocycles. The lowest BCUT2D eigenvalue weighted by Gasteiger charge is -2.10. The van der Waals surface area contributed by atoms with Crippen LogP contribution in [-0.2, 0) is 12.7 Å². The zero-order valence-corrected chi connectivity index (χ0v) is 13.8. The fourth-order valence-corrected chi connectivity index (χ4v) is 2.44. The van der Waals surface area contributed by atoms with Crippen molar-refractivity contribution in [2.24, 2.45) is 0 Å². The molecule has 134 valence electrons. The van der Waals surface area contributed by atoms with Crippen molar-refractivity contribution in [3.8, 4) is 5.82 Å². The minimum Gasteiger partial charge on any atom is -0.348 e. The van der Waals surface area contributed by atoms with Gasteiger partial charge in [-0.05, 0) is 42.8 Å². The third-order valence-corrected chi connectivity index (χ3v) is 3.79. The van der Waals surface area contributed by atoms with Gasteiger partial charge in [0.15, 0.2) is 0 Å². The van der Waals surface area contributed by atoms with Gasteiger partial charge in [0, 0.05) is 30.7 Å². The van der Waals surface area contributed by atoms with Gasteiger partial charge in [0.2, 0.25) is 0 Å². The van der Waals surface area contributed by atoms with Crippen LogP contribution in [-0.4, -0.2) is 20.4 Å². The molecule has 0 aliphatic carbocycles. The number of imidazole rings is 1. The molecule has 2 aromatic heterocycles. The summed E-state index contributed by atoms with van der Waals surface area (Å²) in [5.41, 5.74) is -0.130. The van der Waals surface area contributed by atoms with E-state index in [9.17, 15) is 18.0 Å². The number of nitrogens with zero attached hydrogens (tertiary/aromatic N) is 3. The van der Waals surface area contributed by atoms with Crippen molar-refractivity contribution in [1.82, 2.24) is 19.9 Å². The second-order valence-corrected chi connectivity index (χ2v) is 5.63. The lowest BCUT2D eigenvalue weighted by Crippen LogP contribution is -2.23. The van der Waals surface area contributed by atoms with Crippen LogP contribution in [0.25, 0.3) is 5.82 Å². The Kier molecular flexibility index (Phi) is 4.75. The van der Waals surface area contributed by atoms with Crippen molar-refractivity contribution >= 4 is 5.91 Å². The summed E-state index contributed by atoms with van der Waals surface area (Å²) in [5.74, 6) is 0.835. The summed E-state index contributed by atoms with van der Waals surface area (Å²) in [6.07, 6.45) is 0.529. The minimum absolute atomic E-state index is 0.0421. The maximum absolute atomic E-state index is 12.7. The number of aryl methyl sites for hydroxylation is 1. The number of alkyl halides is 3. The fourth-order valence-electron chi connectivity index (χ4n) is 2.44. The fraction of sp³-hybridized carbons (Fsp3) is 0.167. The van der Waals surface area contributed by atoms with Gasteiger partial charge in [0.05, 0.1) is 5.56 Å². The zero-order chi connectivity index (χ0) is 18.7. The van der Waals surface area contributed by atoms with Gasteiger partial charge in [-0.2, -0.15) is 13.2 Å². The van der Waals surface area contributed by atoms with E-state index in [1.54, 1.807) is 35.3 Å². The highest BCUT2D eigenvalue weighted by Crippen LogP contribution is 2.29. The van der Waals surface area contributed by atoms with Gasteiger partial charge in [0.1, 0.15) is 11.6 Å². The molecule has 0 aliphatic heterocycles. The van der Waals surface area contributed by atoms with E-state index >= 15 is 0 Å². The number of rotatable bonds is 4. The Morgan fingerprint density at radius 2 is 1.96 bits per heavy atom. The predicted octanol–water partition coefficient (Wildman–Crippen LogP) is 3.52. The third-order valence-electron chi connectivity index (χ3n) is 3.79. The van der Waals surface area contributed by atoms with Gasteiger partial charge in [0.25, 0.3) is 5.91 Å². The molecule has 1 N–H and O–H groups in total. The molecule has 5 nitrogen and oxygen atoms in total. The van der Waals surface area contributed by atoms with E-state index in [1.807, 2.05) is 6.92 Å². The number of amides is 1. The number of hydrogen-bond acceptors (Lipinski definition) is 3. The standard InChI is InChI=1S/C18H15F3N4O/c1-12-22-7-8-25(12)16-9-13(5-6-23-16)11-24-17(26)14-3-2-4-15(10-14)18(19,20)21/h2-10H,11H2,1H3,(H,24,26). The smallest absolute Gasteiger partial charge is 0.348 e. The number of aromatic nitrogens is 3. The number of hydrogen-bond donors (Lipinski definition) is 1. The molecule has 3 aromatic rings. The average molecular weight is 360 g/mol. The molecule has 0 radical (unpaired) electrons. The number of carbonyl (C=O) groups excluding carboxylic acids is 1.